The molecule has 6 heteroatoms. The Labute approximate surface area is 120 Å². The summed E-state index contributed by atoms with van der Waals surface area (Å²) in [7, 11) is 0. The fraction of sp³-hybridized carbons (Fsp3) is 0.0667. The summed E-state index contributed by atoms with van der Waals surface area (Å²) in [6.07, 6.45) is 0. The first kappa shape index (κ1) is 14.3. The monoisotopic (exact) mass is 285 g/mol. The molecule has 106 valence electrons. The topological polar surface area (TPSA) is 88.1 Å². The molecule has 2 aromatic carbocycles. The Balaban J connectivity index is 2.09. The van der Waals surface area contributed by atoms with Crippen LogP contribution in [0, 0.1) is 17.1 Å². The molecule has 0 bridgehead atoms. The normalized spacial score (nSPS) is 9.71. The lowest BCUT2D eigenvalue weighted by Gasteiger charge is -2.08. The summed E-state index contributed by atoms with van der Waals surface area (Å²) in [6, 6.07) is 12.3. The zero-order chi connectivity index (χ0) is 15.2. The molecule has 2 rings (SSSR count). The Morgan fingerprint density at radius 3 is 2.67 bits per heavy atom. The molecule has 0 aliphatic rings. The maximum atomic E-state index is 13.3. The van der Waals surface area contributed by atoms with Gasteiger partial charge in [0, 0.05) is 5.69 Å². The van der Waals surface area contributed by atoms with Crippen molar-refractivity contribution in [2.24, 2.45) is 0 Å². The van der Waals surface area contributed by atoms with Crippen molar-refractivity contribution in [1.82, 2.24) is 0 Å². The van der Waals surface area contributed by atoms with Crippen LogP contribution in [0.4, 0.5) is 15.8 Å². The number of benzene rings is 2. The maximum absolute atomic E-state index is 13.3. The number of ether oxygens (including phenoxy) is 1. The third-order valence-electron chi connectivity index (χ3n) is 2.71. The molecule has 0 spiro atoms. The van der Waals surface area contributed by atoms with Gasteiger partial charge in [-0.3, -0.25) is 4.79 Å². The summed E-state index contributed by atoms with van der Waals surface area (Å²) in [6.45, 7) is -0.0501. The number of nitriles is 1. The van der Waals surface area contributed by atoms with Crippen LogP contribution in [0.3, 0.4) is 0 Å². The van der Waals surface area contributed by atoms with Crippen molar-refractivity contribution in [3.05, 3.63) is 53.8 Å². The van der Waals surface area contributed by atoms with Crippen LogP contribution in [-0.2, 0) is 0 Å². The van der Waals surface area contributed by atoms with Gasteiger partial charge in [-0.05, 0) is 36.4 Å². The molecular formula is C15H12FN3O2. The van der Waals surface area contributed by atoms with Crippen LogP contribution in [0.1, 0.15) is 10.4 Å². The predicted octanol–water partition coefficient (Wildman–Crippen LogP) is 2.56. The van der Waals surface area contributed by atoms with Crippen molar-refractivity contribution in [3.8, 4) is 11.8 Å². The van der Waals surface area contributed by atoms with Crippen molar-refractivity contribution < 1.29 is 13.9 Å². The fourth-order valence-corrected chi connectivity index (χ4v) is 1.68. The largest absolute Gasteiger partial charge is 0.479 e. The third-order valence-corrected chi connectivity index (χ3v) is 2.71. The first-order valence-corrected chi connectivity index (χ1v) is 6.07. The zero-order valence-corrected chi connectivity index (χ0v) is 11.0. The summed E-state index contributed by atoms with van der Waals surface area (Å²) < 4.78 is 18.4. The predicted molar refractivity (Wildman–Crippen MR) is 76.3 cm³/mol. The molecule has 0 heterocycles. The van der Waals surface area contributed by atoms with Crippen molar-refractivity contribution in [2.45, 2.75) is 0 Å². The van der Waals surface area contributed by atoms with Gasteiger partial charge in [0.05, 0.1) is 11.3 Å². The molecule has 0 saturated heterocycles. The number of amides is 1. The second-order valence-corrected chi connectivity index (χ2v) is 4.13. The van der Waals surface area contributed by atoms with E-state index in [4.69, 9.17) is 15.7 Å². The van der Waals surface area contributed by atoms with E-state index < -0.39 is 11.7 Å². The number of carbonyl (C=O) groups excluding carboxylic acids is 1. The van der Waals surface area contributed by atoms with E-state index in [-0.39, 0.29) is 17.9 Å². The quantitative estimate of drug-likeness (QED) is 0.845. The number of nitrogens with zero attached hydrogens (tertiary/aromatic N) is 1. The molecular weight excluding hydrogens is 273 g/mol. The highest BCUT2D eigenvalue weighted by atomic mass is 19.1. The minimum atomic E-state index is -0.636. The van der Waals surface area contributed by atoms with Crippen LogP contribution in [0.5, 0.6) is 5.75 Å². The second kappa shape index (κ2) is 6.39. The number of nitrogens with one attached hydrogen (secondary N) is 1. The van der Waals surface area contributed by atoms with Gasteiger partial charge in [0.2, 0.25) is 0 Å². The van der Waals surface area contributed by atoms with Crippen molar-refractivity contribution in [2.75, 3.05) is 17.7 Å². The van der Waals surface area contributed by atoms with E-state index in [0.717, 1.165) is 0 Å². The SMILES string of the molecule is N#CCOc1ccc(NC(=O)c2cccc(F)c2N)cc1. The number of para-hydroxylation sites is 1. The van der Waals surface area contributed by atoms with Gasteiger partial charge in [-0.15, -0.1) is 0 Å². The van der Waals surface area contributed by atoms with E-state index >= 15 is 0 Å². The van der Waals surface area contributed by atoms with E-state index in [1.165, 1.54) is 18.2 Å². The van der Waals surface area contributed by atoms with Crippen LogP contribution < -0.4 is 15.8 Å². The number of anilines is 2. The van der Waals surface area contributed by atoms with Crippen LogP contribution in [-0.4, -0.2) is 12.5 Å². The maximum Gasteiger partial charge on any atom is 0.257 e. The van der Waals surface area contributed by atoms with Crippen LogP contribution in [0.25, 0.3) is 0 Å². The smallest absolute Gasteiger partial charge is 0.257 e. The summed E-state index contributed by atoms with van der Waals surface area (Å²) in [4.78, 5) is 12.0. The van der Waals surface area contributed by atoms with E-state index in [1.54, 1.807) is 24.3 Å². The second-order valence-electron chi connectivity index (χ2n) is 4.13. The molecule has 0 radical (unpaired) electrons. The lowest BCUT2D eigenvalue weighted by molar-refractivity contribution is 0.102. The minimum absolute atomic E-state index is 0.0501. The van der Waals surface area contributed by atoms with E-state index in [0.29, 0.717) is 11.4 Å². The molecule has 0 aliphatic carbocycles. The molecule has 0 aromatic heterocycles. The Morgan fingerprint density at radius 1 is 1.29 bits per heavy atom. The Kier molecular flexibility index (Phi) is 4.36. The molecule has 0 unspecified atom stereocenters. The summed E-state index contributed by atoms with van der Waals surface area (Å²) >= 11 is 0. The number of hydrogen-bond donors (Lipinski definition) is 2. The van der Waals surface area contributed by atoms with Gasteiger partial charge in [0.15, 0.2) is 6.61 Å². The highest BCUT2D eigenvalue weighted by Gasteiger charge is 2.12. The van der Waals surface area contributed by atoms with Gasteiger partial charge in [0.1, 0.15) is 17.6 Å². The number of nitrogens with two attached hydrogens (primary N) is 1. The van der Waals surface area contributed by atoms with Crippen LogP contribution >= 0.6 is 0 Å². The average molecular weight is 285 g/mol. The van der Waals surface area contributed by atoms with Gasteiger partial charge in [-0.1, -0.05) is 6.07 Å². The molecule has 0 fully saturated rings. The highest BCUT2D eigenvalue weighted by molar-refractivity contribution is 6.07. The first-order valence-electron chi connectivity index (χ1n) is 6.07. The fourth-order valence-electron chi connectivity index (χ4n) is 1.68. The van der Waals surface area contributed by atoms with Crippen molar-refractivity contribution >= 4 is 17.3 Å². The Bertz CT molecular complexity index is 693. The Morgan fingerprint density at radius 2 is 2.00 bits per heavy atom. The van der Waals surface area contributed by atoms with E-state index in [1.807, 2.05) is 6.07 Å². The molecule has 0 aliphatic heterocycles. The van der Waals surface area contributed by atoms with Crippen LogP contribution in [0.15, 0.2) is 42.5 Å². The van der Waals surface area contributed by atoms with Crippen molar-refractivity contribution in [3.63, 3.8) is 0 Å². The lowest BCUT2D eigenvalue weighted by Crippen LogP contribution is -2.14. The van der Waals surface area contributed by atoms with Crippen molar-refractivity contribution in [1.29, 1.82) is 5.26 Å². The minimum Gasteiger partial charge on any atom is -0.479 e. The van der Waals surface area contributed by atoms with Gasteiger partial charge in [0.25, 0.3) is 5.91 Å². The number of carbonyl (C=O) groups is 1. The molecule has 2 aromatic rings. The van der Waals surface area contributed by atoms with E-state index in [9.17, 15) is 9.18 Å². The van der Waals surface area contributed by atoms with Gasteiger partial charge < -0.3 is 15.8 Å². The highest BCUT2D eigenvalue weighted by Crippen LogP contribution is 2.19. The summed E-state index contributed by atoms with van der Waals surface area (Å²) in [5.74, 6) is -0.625. The summed E-state index contributed by atoms with van der Waals surface area (Å²) in [5.41, 5.74) is 5.92. The van der Waals surface area contributed by atoms with E-state index in [2.05, 4.69) is 5.32 Å². The van der Waals surface area contributed by atoms with Crippen LogP contribution in [0.2, 0.25) is 0 Å². The molecule has 3 N–H and O–H groups in total. The molecule has 1 amide bonds. The summed E-state index contributed by atoms with van der Waals surface area (Å²) in [5, 5.41) is 11.0. The van der Waals surface area contributed by atoms with Gasteiger partial charge in [-0.2, -0.15) is 5.26 Å². The number of rotatable bonds is 4. The average Bonchev–Trinajstić information content (AvgIpc) is 2.49. The lowest BCUT2D eigenvalue weighted by atomic mass is 10.1. The molecule has 0 saturated carbocycles. The zero-order valence-electron chi connectivity index (χ0n) is 11.0. The third kappa shape index (κ3) is 3.48. The molecule has 0 atom stereocenters. The standard InChI is InChI=1S/C15H12FN3O2/c16-13-3-1-2-12(14(13)18)15(20)19-10-4-6-11(7-5-10)21-9-8-17/h1-7H,9,18H2,(H,19,20). The molecule has 21 heavy (non-hydrogen) atoms. The number of hydrogen-bond acceptors (Lipinski definition) is 4. The number of halogens is 1. The number of nitrogen functional groups attached to an aromatic ring is 1. The Hall–Kier alpha value is -3.07. The first-order chi connectivity index (χ1) is 10.1. The van der Waals surface area contributed by atoms with Gasteiger partial charge >= 0.3 is 0 Å². The van der Waals surface area contributed by atoms with Gasteiger partial charge in [-0.25, -0.2) is 4.39 Å². The molecule has 5 nitrogen and oxygen atoms in total.